The average molecular weight is 187 g/mol. The minimum absolute atomic E-state index is 0.713. The molecule has 0 aromatic carbocycles. The van der Waals surface area contributed by atoms with Crippen LogP contribution in [0.1, 0.15) is 27.7 Å². The minimum atomic E-state index is -0.981. The minimum Gasteiger partial charge on any atom is -0.478 e. The van der Waals surface area contributed by atoms with Gasteiger partial charge < -0.3 is 10.0 Å². The average Bonchev–Trinajstić information content (AvgIpc) is 2.07. The molecule has 13 heavy (non-hydrogen) atoms. The SMILES string of the molecule is C=CC(=O)O.CCN(CC)C(C)C. The molecule has 0 heterocycles. The number of aliphatic carboxylic acids is 1. The van der Waals surface area contributed by atoms with Crippen LogP contribution in [0.3, 0.4) is 0 Å². The van der Waals surface area contributed by atoms with Gasteiger partial charge in [0.1, 0.15) is 0 Å². The van der Waals surface area contributed by atoms with Gasteiger partial charge in [-0.15, -0.1) is 0 Å². The zero-order valence-corrected chi connectivity index (χ0v) is 9.08. The van der Waals surface area contributed by atoms with E-state index in [1.165, 1.54) is 13.1 Å². The van der Waals surface area contributed by atoms with Gasteiger partial charge in [-0.1, -0.05) is 20.4 Å². The molecule has 0 unspecified atom stereocenters. The lowest BCUT2D eigenvalue weighted by Gasteiger charge is -2.21. The summed E-state index contributed by atoms with van der Waals surface area (Å²) in [4.78, 5) is 11.7. The predicted molar refractivity (Wildman–Crippen MR) is 55.9 cm³/mol. The van der Waals surface area contributed by atoms with E-state index in [1.54, 1.807) is 0 Å². The smallest absolute Gasteiger partial charge is 0.327 e. The van der Waals surface area contributed by atoms with Gasteiger partial charge in [0.2, 0.25) is 0 Å². The van der Waals surface area contributed by atoms with Gasteiger partial charge >= 0.3 is 5.97 Å². The Morgan fingerprint density at radius 3 is 1.77 bits per heavy atom. The molecule has 0 amide bonds. The standard InChI is InChI=1S/C7H17N.C3H4O2/c1-5-8(6-2)7(3)4;1-2-3(4)5/h7H,5-6H2,1-4H3;2H,1H2,(H,4,5). The second kappa shape index (κ2) is 9.26. The van der Waals surface area contributed by atoms with E-state index in [0.717, 1.165) is 6.08 Å². The maximum atomic E-state index is 9.25. The third-order valence-electron chi connectivity index (χ3n) is 1.72. The van der Waals surface area contributed by atoms with Crippen LogP contribution in [0.15, 0.2) is 12.7 Å². The second-order valence-electron chi connectivity index (χ2n) is 2.86. The fraction of sp³-hybridized carbons (Fsp3) is 0.700. The van der Waals surface area contributed by atoms with Gasteiger partial charge in [-0.2, -0.15) is 0 Å². The number of carboxylic acids is 1. The van der Waals surface area contributed by atoms with Crippen LogP contribution in [0.2, 0.25) is 0 Å². The van der Waals surface area contributed by atoms with Crippen LogP contribution in [0, 0.1) is 0 Å². The molecular weight excluding hydrogens is 166 g/mol. The fourth-order valence-electron chi connectivity index (χ4n) is 0.954. The van der Waals surface area contributed by atoms with Crippen LogP contribution >= 0.6 is 0 Å². The Labute approximate surface area is 81.1 Å². The molecule has 0 saturated carbocycles. The van der Waals surface area contributed by atoms with Gasteiger partial charge in [0, 0.05) is 12.1 Å². The van der Waals surface area contributed by atoms with Gasteiger partial charge in [-0.3, -0.25) is 0 Å². The summed E-state index contributed by atoms with van der Waals surface area (Å²) in [5.74, 6) is -0.981. The van der Waals surface area contributed by atoms with Gasteiger partial charge in [-0.25, -0.2) is 4.79 Å². The molecule has 0 rings (SSSR count). The van der Waals surface area contributed by atoms with Crippen molar-refractivity contribution in [3.8, 4) is 0 Å². The Hall–Kier alpha value is -0.830. The normalized spacial score (nSPS) is 9.38. The lowest BCUT2D eigenvalue weighted by Crippen LogP contribution is -2.29. The Morgan fingerprint density at radius 2 is 1.77 bits per heavy atom. The highest BCUT2D eigenvalue weighted by atomic mass is 16.4. The van der Waals surface area contributed by atoms with Crippen molar-refractivity contribution in [3.05, 3.63) is 12.7 Å². The lowest BCUT2D eigenvalue weighted by atomic mass is 10.3. The summed E-state index contributed by atoms with van der Waals surface area (Å²) in [5.41, 5.74) is 0. The van der Waals surface area contributed by atoms with Gasteiger partial charge in [0.25, 0.3) is 0 Å². The van der Waals surface area contributed by atoms with Crippen LogP contribution in [-0.4, -0.2) is 35.1 Å². The molecule has 0 aliphatic rings. The molecular formula is C10H21NO2. The van der Waals surface area contributed by atoms with E-state index in [1.807, 2.05) is 0 Å². The molecule has 0 bridgehead atoms. The van der Waals surface area contributed by atoms with Gasteiger partial charge in [-0.05, 0) is 26.9 Å². The van der Waals surface area contributed by atoms with Crippen LogP contribution < -0.4 is 0 Å². The summed E-state index contributed by atoms with van der Waals surface area (Å²) in [6.07, 6.45) is 0.833. The van der Waals surface area contributed by atoms with Gasteiger partial charge in [0.15, 0.2) is 0 Å². The van der Waals surface area contributed by atoms with E-state index < -0.39 is 5.97 Å². The van der Waals surface area contributed by atoms with Crippen molar-refractivity contribution in [2.75, 3.05) is 13.1 Å². The monoisotopic (exact) mass is 187 g/mol. The van der Waals surface area contributed by atoms with Crippen molar-refractivity contribution in [2.45, 2.75) is 33.7 Å². The first-order valence-corrected chi connectivity index (χ1v) is 4.58. The Balaban J connectivity index is 0. The number of nitrogens with zero attached hydrogens (tertiary/aromatic N) is 1. The van der Waals surface area contributed by atoms with Crippen molar-refractivity contribution in [2.24, 2.45) is 0 Å². The van der Waals surface area contributed by atoms with Crippen LogP contribution in [0.5, 0.6) is 0 Å². The zero-order chi connectivity index (χ0) is 10.9. The molecule has 0 spiro atoms. The molecule has 1 N–H and O–H groups in total. The number of rotatable bonds is 4. The van der Waals surface area contributed by atoms with Crippen molar-refractivity contribution in [1.82, 2.24) is 4.90 Å². The number of carboxylic acid groups (broad SMARTS) is 1. The van der Waals surface area contributed by atoms with Crippen LogP contribution in [-0.2, 0) is 4.79 Å². The first-order valence-electron chi connectivity index (χ1n) is 4.58. The Kier molecular flexibility index (Phi) is 10.5. The topological polar surface area (TPSA) is 40.5 Å². The summed E-state index contributed by atoms with van der Waals surface area (Å²) in [5, 5.41) is 7.60. The van der Waals surface area contributed by atoms with Crippen molar-refractivity contribution in [3.63, 3.8) is 0 Å². The number of carbonyl (C=O) groups is 1. The molecule has 0 fully saturated rings. The van der Waals surface area contributed by atoms with E-state index in [2.05, 4.69) is 39.2 Å². The molecule has 0 radical (unpaired) electrons. The van der Waals surface area contributed by atoms with Crippen LogP contribution in [0.4, 0.5) is 0 Å². The molecule has 0 aliphatic carbocycles. The summed E-state index contributed by atoms with van der Waals surface area (Å²) in [6.45, 7) is 14.2. The first kappa shape index (κ1) is 14.7. The third kappa shape index (κ3) is 11.2. The molecule has 0 aromatic heterocycles. The summed E-state index contributed by atoms with van der Waals surface area (Å²) in [7, 11) is 0. The van der Waals surface area contributed by atoms with Crippen molar-refractivity contribution >= 4 is 5.97 Å². The summed E-state index contributed by atoms with van der Waals surface area (Å²) in [6, 6.07) is 0.713. The predicted octanol–water partition coefficient (Wildman–Crippen LogP) is 1.99. The largest absolute Gasteiger partial charge is 0.478 e. The van der Waals surface area contributed by atoms with E-state index in [-0.39, 0.29) is 0 Å². The van der Waals surface area contributed by atoms with Crippen molar-refractivity contribution in [1.29, 1.82) is 0 Å². The molecule has 78 valence electrons. The highest BCUT2D eigenvalue weighted by Gasteiger charge is 2.00. The first-order chi connectivity index (χ1) is 5.99. The van der Waals surface area contributed by atoms with Crippen LogP contribution in [0.25, 0.3) is 0 Å². The molecule has 0 aliphatic heterocycles. The Bertz CT molecular complexity index is 140. The highest BCUT2D eigenvalue weighted by Crippen LogP contribution is 1.94. The van der Waals surface area contributed by atoms with E-state index in [9.17, 15) is 4.79 Å². The molecule has 0 atom stereocenters. The van der Waals surface area contributed by atoms with E-state index in [0.29, 0.717) is 6.04 Å². The lowest BCUT2D eigenvalue weighted by molar-refractivity contribution is -0.131. The second-order valence-corrected chi connectivity index (χ2v) is 2.86. The number of hydrogen-bond acceptors (Lipinski definition) is 2. The fourth-order valence-corrected chi connectivity index (χ4v) is 0.954. The molecule has 3 heteroatoms. The quantitative estimate of drug-likeness (QED) is 0.684. The number of hydrogen-bond donors (Lipinski definition) is 1. The van der Waals surface area contributed by atoms with E-state index >= 15 is 0 Å². The summed E-state index contributed by atoms with van der Waals surface area (Å²) < 4.78 is 0. The maximum absolute atomic E-state index is 9.25. The Morgan fingerprint density at radius 1 is 1.46 bits per heavy atom. The molecule has 3 nitrogen and oxygen atoms in total. The van der Waals surface area contributed by atoms with E-state index in [4.69, 9.17) is 5.11 Å². The zero-order valence-electron chi connectivity index (χ0n) is 9.08. The maximum Gasteiger partial charge on any atom is 0.327 e. The summed E-state index contributed by atoms with van der Waals surface area (Å²) >= 11 is 0. The van der Waals surface area contributed by atoms with Crippen molar-refractivity contribution < 1.29 is 9.90 Å². The third-order valence-corrected chi connectivity index (χ3v) is 1.72. The molecule has 0 aromatic rings. The molecule has 0 saturated heterocycles. The van der Waals surface area contributed by atoms with Gasteiger partial charge in [0.05, 0.1) is 0 Å². The highest BCUT2D eigenvalue weighted by molar-refractivity contribution is 5.78.